The van der Waals surface area contributed by atoms with Gasteiger partial charge in [-0.1, -0.05) is 98.4 Å². The number of Topliss-reactive ketones (excluding diaryl/α,β-unsaturated/α-hetero) is 1. The number of nitrogens with one attached hydrogen (secondary N) is 1. The number of ether oxygens (including phenoxy) is 4. The molecule has 494 valence electrons. The van der Waals surface area contributed by atoms with Gasteiger partial charge in [-0.3, -0.25) is 14.9 Å². The van der Waals surface area contributed by atoms with Crippen molar-refractivity contribution in [2.45, 2.75) is 195 Å². The van der Waals surface area contributed by atoms with Crippen molar-refractivity contribution in [3.05, 3.63) is 107 Å². The molecule has 13 nitrogen and oxygen atoms in total. The number of cyclic esters (lactones) is 1. The lowest BCUT2D eigenvalue weighted by molar-refractivity contribution is -0.320. The summed E-state index contributed by atoms with van der Waals surface area (Å²) < 4.78 is 38.9. The van der Waals surface area contributed by atoms with Crippen molar-refractivity contribution < 1.29 is 53.1 Å². The summed E-state index contributed by atoms with van der Waals surface area (Å²) in [6.07, 6.45) is 34.7. The Bertz CT molecular complexity index is 3860. The molecule has 2 aromatic rings. The molecule has 8 heterocycles. The molecule has 0 radical (unpaired) electrons. The Morgan fingerprint density at radius 1 is 0.872 bits per heavy atom. The van der Waals surface area contributed by atoms with Crippen molar-refractivity contribution in [3.8, 4) is 11.8 Å². The molecule has 0 unspecified atom stereocenters. The van der Waals surface area contributed by atoms with E-state index in [9.17, 15) is 10.2 Å². The molecule has 13 aliphatic carbocycles. The van der Waals surface area contributed by atoms with Crippen LogP contribution in [0, 0.1) is 145 Å². The van der Waals surface area contributed by atoms with E-state index in [1.165, 1.54) is 30.4 Å². The molecule has 94 heavy (non-hydrogen) atoms. The minimum Gasteiger partial charge on any atom is -0.469 e. The Hall–Kier alpha value is -4.81. The predicted octanol–water partition coefficient (Wildman–Crippen LogP) is 10.3. The van der Waals surface area contributed by atoms with Crippen LogP contribution in [0.2, 0.25) is 0 Å². The molecule has 1 aromatic carbocycles. The van der Waals surface area contributed by atoms with Crippen LogP contribution in [0.4, 0.5) is 0 Å². The smallest absolute Gasteiger partial charge is 0.339 e. The van der Waals surface area contributed by atoms with Crippen molar-refractivity contribution in [2.75, 3.05) is 26.4 Å². The van der Waals surface area contributed by atoms with Crippen molar-refractivity contribution in [3.63, 3.8) is 0 Å². The third-order valence-electron chi connectivity index (χ3n) is 33.7. The predicted molar refractivity (Wildman–Crippen MR) is 343 cm³/mol. The molecule has 31 atom stereocenters. The maximum Gasteiger partial charge on any atom is 0.339 e. The number of benzene rings is 1. The summed E-state index contributed by atoms with van der Waals surface area (Å²) in [4.78, 5) is 53.5. The maximum atomic E-state index is 18.3. The number of aryl methyl sites for hydroxylation is 1. The van der Waals surface area contributed by atoms with E-state index in [1.807, 2.05) is 6.26 Å². The number of aliphatic hydroxyl groups excluding tert-OH is 3. The first-order valence-electron chi connectivity index (χ1n) is 37.9. The molecule has 20 aliphatic rings. The number of carbonyl (C=O) groups excluding carboxylic acids is 3. The highest BCUT2D eigenvalue weighted by Gasteiger charge is 3.01. The number of fused-ring (bicyclic) bond motifs is 7. The second kappa shape index (κ2) is 18.7. The lowest BCUT2D eigenvalue weighted by atomic mass is 9.28. The van der Waals surface area contributed by atoms with Gasteiger partial charge in [0.2, 0.25) is 0 Å². The van der Waals surface area contributed by atoms with E-state index >= 15 is 19.5 Å². The minimum atomic E-state index is -1.57. The third-order valence-corrected chi connectivity index (χ3v) is 33.7. The Kier molecular flexibility index (Phi) is 11.4. The Morgan fingerprint density at radius 2 is 1.78 bits per heavy atom. The number of hydrogen-bond donors (Lipinski definition) is 4. The first-order valence-corrected chi connectivity index (χ1v) is 37.9. The molecule has 9 bridgehead atoms. The van der Waals surface area contributed by atoms with Gasteiger partial charge in [0.05, 0.1) is 54.4 Å². The van der Waals surface area contributed by atoms with Crippen LogP contribution in [-0.4, -0.2) is 106 Å². The lowest BCUT2D eigenvalue weighted by Crippen LogP contribution is -2.84. The fourth-order valence-electron chi connectivity index (χ4n) is 31.4. The number of rotatable bonds is 7. The molecule has 7 aliphatic heterocycles. The average molecular weight is 1270 g/mol. The Balaban J connectivity index is 0.781. The summed E-state index contributed by atoms with van der Waals surface area (Å²) >= 11 is 0. The van der Waals surface area contributed by atoms with E-state index in [2.05, 4.69) is 102 Å². The Morgan fingerprint density at radius 3 is 2.67 bits per heavy atom. The number of allylic oxidation sites excluding steroid dienone is 5. The van der Waals surface area contributed by atoms with E-state index in [1.54, 1.807) is 0 Å². The first-order chi connectivity index (χ1) is 45.8. The SMILES string of the molecule is C[C@]12C[C@H]3C[C@@]45CCC[C@H]4CC4=C[C@H]6[C@]7(CC[C@@H]8C=CC[C@H]9[C@@H]%10CCC[C@@H]%10C=C[C@@]896)O[C@]46[C@H]5C(=O)OC[C@@]64[C@@H]7C(=O)[C@@H](O)[C@@]5([C@H]34)[C@H]3C[C@H](Cc4ccccc4)CC[C@H]3C#C[C@@H]3CCc4coc(C[C@@H]([C@@H]6CC[C@H]7[C@H](C=CN8CNC[C@@H]78)C6)[C@H](O)CO)c4[C@@]31OC(=O)[C@H]1O[C@@]152. The van der Waals surface area contributed by atoms with Crippen molar-refractivity contribution >= 4 is 17.7 Å². The normalized spacial score (nSPS) is 54.7. The molecule has 0 amide bonds. The molecule has 8 spiro atoms. The van der Waals surface area contributed by atoms with Crippen molar-refractivity contribution in [1.82, 2.24) is 10.2 Å². The second-order valence-corrected chi connectivity index (χ2v) is 35.7. The molecular formula is C81H94N2O11. The number of hydrogen-bond acceptors (Lipinski definition) is 13. The summed E-state index contributed by atoms with van der Waals surface area (Å²) in [6, 6.07) is 11.3. The van der Waals surface area contributed by atoms with Crippen molar-refractivity contribution in [1.29, 1.82) is 0 Å². The van der Waals surface area contributed by atoms with Crippen molar-refractivity contribution in [2.24, 2.45) is 134 Å². The van der Waals surface area contributed by atoms with Crippen LogP contribution in [0.25, 0.3) is 0 Å². The highest BCUT2D eigenvalue weighted by atomic mass is 16.7. The number of esters is 2. The third kappa shape index (κ3) is 6.16. The van der Waals surface area contributed by atoms with Gasteiger partial charge in [-0.25, -0.2) is 4.79 Å². The van der Waals surface area contributed by atoms with E-state index < -0.39 is 97.9 Å². The van der Waals surface area contributed by atoms with Crippen LogP contribution >= 0.6 is 0 Å². The van der Waals surface area contributed by atoms with Gasteiger partial charge in [0.15, 0.2) is 17.5 Å². The molecule has 22 rings (SSSR count). The van der Waals surface area contributed by atoms with Crippen LogP contribution in [0.15, 0.2) is 89.2 Å². The van der Waals surface area contributed by atoms with Gasteiger partial charge in [-0.2, -0.15) is 0 Å². The van der Waals surface area contributed by atoms with Gasteiger partial charge < -0.3 is 43.6 Å². The quantitative estimate of drug-likeness (QED) is 0.0891. The first kappa shape index (κ1) is 57.1. The number of carbonyl (C=O) groups is 3. The maximum absolute atomic E-state index is 18.3. The molecule has 14 fully saturated rings. The van der Waals surface area contributed by atoms with Gasteiger partial charge in [0.25, 0.3) is 0 Å². The van der Waals surface area contributed by atoms with E-state index in [0.29, 0.717) is 79.9 Å². The number of furan rings is 1. The fraction of sp³-hybridized carbons (Fsp3) is 0.716. The summed E-state index contributed by atoms with van der Waals surface area (Å²) in [5.74, 6) is 7.39. The van der Waals surface area contributed by atoms with Gasteiger partial charge >= 0.3 is 11.9 Å². The zero-order valence-corrected chi connectivity index (χ0v) is 54.6. The van der Waals surface area contributed by atoms with E-state index in [4.69, 9.17) is 23.4 Å². The van der Waals surface area contributed by atoms with Gasteiger partial charge in [-0.15, -0.1) is 0 Å². The molecule has 9 saturated carbocycles. The van der Waals surface area contributed by atoms with Gasteiger partial charge in [0.1, 0.15) is 29.7 Å². The van der Waals surface area contributed by atoms with E-state index in [-0.39, 0.29) is 77.7 Å². The zero-order chi connectivity index (χ0) is 62.6. The molecule has 4 N–H and O–H groups in total. The Labute approximate surface area is 552 Å². The summed E-state index contributed by atoms with van der Waals surface area (Å²) in [6.45, 7) is 3.85. The second-order valence-electron chi connectivity index (χ2n) is 35.7. The monoisotopic (exact) mass is 1270 g/mol. The topological polar surface area (TPSA) is 181 Å². The molecule has 13 heteroatoms. The fourth-order valence-corrected chi connectivity index (χ4v) is 31.4. The number of nitrogens with zero attached hydrogens (tertiary/aromatic N) is 1. The van der Waals surface area contributed by atoms with Crippen LogP contribution in [0.1, 0.15) is 151 Å². The molecule has 1 aromatic heterocycles. The van der Waals surface area contributed by atoms with Crippen LogP contribution in [0.5, 0.6) is 0 Å². The standard InChI is InChI=1S/C81H94N2O11/c1-73-36-50-37-74-26-7-12-53(74)33-54-34-63-75-27-23-45-10-5-13-55(45)58(75)14-6-11-51(75)24-28-77(63)67-65(86)69(87)78(66(50)76(67)41-91-71(88)68(74)80(54,76)94-77)59-31-44(30-43-8-3-2-4-9-43)15-16-46(59)17-20-52-21-18-49-40-90-62(64(49)79(52,73)93-72(89)70-81(73,78)92-70)35-57(61(85)39-84)47-19-22-56-48(32-47)25-29-83-42-82-38-60(56)83/h2-4,6,8-9,11,23,25,27,29,34,40,44-48,50-53,55-61,63,66-70,82,84-85,87H,5,7,10,12-16,18-19,21-22,24,26,28,30-33,35-39,41-42H2,1H3/t44-,45+,46-,47+,48+,50-,51-,52+,53-,55+,56-,57-,58-,59-,60-,61+,63+,66+,67-,68-,69+,70+,73-,74-,75+,76+,77-,78-,79-,80-,81+/m0/s1. The van der Waals surface area contributed by atoms with Crippen LogP contribution < -0.4 is 5.32 Å². The number of aliphatic hydroxyl groups is 3. The minimum absolute atomic E-state index is 0.0341. The lowest BCUT2D eigenvalue weighted by Gasteiger charge is -2.74. The number of ketones is 1. The van der Waals surface area contributed by atoms with Crippen LogP contribution in [-0.2, 0) is 58.2 Å². The van der Waals surface area contributed by atoms with Gasteiger partial charge in [0, 0.05) is 52.7 Å². The zero-order valence-electron chi connectivity index (χ0n) is 54.6. The molecule has 5 saturated heterocycles. The summed E-state index contributed by atoms with van der Waals surface area (Å²) in [5.41, 5.74) is -5.28. The van der Waals surface area contributed by atoms with Crippen LogP contribution in [0.3, 0.4) is 0 Å². The largest absolute Gasteiger partial charge is 0.469 e. The van der Waals surface area contributed by atoms with E-state index in [0.717, 1.165) is 108 Å². The average Bonchev–Trinajstić information content (AvgIpc) is 1.40. The summed E-state index contributed by atoms with van der Waals surface area (Å²) in [5, 5.41) is 42.5. The highest BCUT2D eigenvalue weighted by molar-refractivity contribution is 5.94. The molecular weight excluding hydrogens is 1180 g/mol. The highest BCUT2D eigenvalue weighted by Crippen LogP contribution is 2.92. The number of epoxide rings is 1. The van der Waals surface area contributed by atoms with Gasteiger partial charge in [-0.05, 0) is 227 Å². The summed E-state index contributed by atoms with van der Waals surface area (Å²) in [7, 11) is 0.